The van der Waals surface area contributed by atoms with Crippen molar-refractivity contribution >= 4 is 5.91 Å². The van der Waals surface area contributed by atoms with Crippen LogP contribution in [0.3, 0.4) is 0 Å². The number of amides is 1. The molecule has 4 aromatic rings. The van der Waals surface area contributed by atoms with E-state index in [0.29, 0.717) is 18.7 Å². The van der Waals surface area contributed by atoms with Crippen LogP contribution >= 0.6 is 0 Å². The average Bonchev–Trinajstić information content (AvgIpc) is 2.88. The van der Waals surface area contributed by atoms with E-state index in [9.17, 15) is 4.79 Å². The number of benzene rings is 3. The van der Waals surface area contributed by atoms with Crippen LogP contribution in [0.15, 0.2) is 103 Å². The van der Waals surface area contributed by atoms with Crippen molar-refractivity contribution in [2.75, 3.05) is 0 Å². The Hall–Kier alpha value is -3.92. The molecule has 0 aliphatic carbocycles. The Labute approximate surface area is 195 Å². The van der Waals surface area contributed by atoms with Gasteiger partial charge < -0.3 is 10.1 Å². The minimum absolute atomic E-state index is 0.0973. The van der Waals surface area contributed by atoms with Crippen molar-refractivity contribution in [1.82, 2.24) is 10.3 Å². The summed E-state index contributed by atoms with van der Waals surface area (Å²) in [6, 6.07) is 31.9. The Morgan fingerprint density at radius 1 is 0.848 bits per heavy atom. The summed E-state index contributed by atoms with van der Waals surface area (Å²) < 4.78 is 6.14. The number of para-hydroxylation sites is 1. The highest BCUT2D eigenvalue weighted by atomic mass is 16.5. The molecule has 1 atom stereocenters. The number of carbonyl (C=O) groups is 1. The van der Waals surface area contributed by atoms with E-state index < -0.39 is 0 Å². The van der Waals surface area contributed by atoms with Crippen molar-refractivity contribution in [3.63, 3.8) is 0 Å². The van der Waals surface area contributed by atoms with Crippen LogP contribution in [0.5, 0.6) is 5.75 Å². The molecule has 0 saturated carbocycles. The molecule has 1 heterocycles. The molecule has 0 spiro atoms. The number of pyridine rings is 1. The Morgan fingerprint density at radius 2 is 1.58 bits per heavy atom. The fourth-order valence-corrected chi connectivity index (χ4v) is 3.79. The molecule has 3 aromatic carbocycles. The number of carbonyl (C=O) groups excluding carboxylic acids is 1. The van der Waals surface area contributed by atoms with Gasteiger partial charge in [-0.2, -0.15) is 0 Å². The van der Waals surface area contributed by atoms with E-state index >= 15 is 0 Å². The van der Waals surface area contributed by atoms with E-state index in [1.807, 2.05) is 72.8 Å². The van der Waals surface area contributed by atoms with Gasteiger partial charge in [0.05, 0.1) is 12.2 Å². The maximum Gasteiger partial charge on any atom is 0.251 e. The van der Waals surface area contributed by atoms with Crippen LogP contribution in [-0.4, -0.2) is 10.9 Å². The van der Waals surface area contributed by atoms with Gasteiger partial charge in [-0.3, -0.25) is 9.78 Å². The van der Waals surface area contributed by atoms with Crippen molar-refractivity contribution in [3.05, 3.63) is 131 Å². The lowest BCUT2D eigenvalue weighted by molar-refractivity contribution is 0.0950. The van der Waals surface area contributed by atoms with Crippen molar-refractivity contribution in [3.8, 4) is 5.75 Å². The molecule has 4 nitrogen and oxygen atoms in total. The first-order valence-corrected chi connectivity index (χ1v) is 11.2. The van der Waals surface area contributed by atoms with Crippen molar-refractivity contribution in [2.24, 2.45) is 0 Å². The van der Waals surface area contributed by atoms with Gasteiger partial charge >= 0.3 is 0 Å². The average molecular weight is 437 g/mol. The maximum absolute atomic E-state index is 12.5. The third kappa shape index (κ3) is 6.30. The van der Waals surface area contributed by atoms with Gasteiger partial charge in [0.1, 0.15) is 12.4 Å². The molecular formula is C29H28N2O2. The lowest BCUT2D eigenvalue weighted by atomic mass is 9.92. The topological polar surface area (TPSA) is 51.2 Å². The second kappa shape index (κ2) is 11.1. The predicted molar refractivity (Wildman–Crippen MR) is 131 cm³/mol. The van der Waals surface area contributed by atoms with Gasteiger partial charge in [0.2, 0.25) is 0 Å². The van der Waals surface area contributed by atoms with Crippen molar-refractivity contribution < 1.29 is 9.53 Å². The highest BCUT2D eigenvalue weighted by molar-refractivity contribution is 5.94. The first-order valence-electron chi connectivity index (χ1n) is 11.2. The molecule has 4 heteroatoms. The van der Waals surface area contributed by atoms with E-state index in [4.69, 9.17) is 4.74 Å². The second-order valence-electron chi connectivity index (χ2n) is 8.12. The van der Waals surface area contributed by atoms with Crippen LogP contribution in [0, 0.1) is 0 Å². The fraction of sp³-hybridized carbons (Fsp3) is 0.172. The van der Waals surface area contributed by atoms with Gasteiger partial charge in [-0.15, -0.1) is 0 Å². The molecule has 0 radical (unpaired) electrons. The zero-order valence-electron chi connectivity index (χ0n) is 18.8. The Morgan fingerprint density at radius 3 is 2.33 bits per heavy atom. The molecule has 4 rings (SSSR count). The smallest absolute Gasteiger partial charge is 0.251 e. The molecule has 0 fully saturated rings. The summed E-state index contributed by atoms with van der Waals surface area (Å²) in [5.74, 6) is 1.10. The SMILES string of the molecule is CC(Cc1ccc(C(=O)NCc2ccccn2)cc1)c1ccccc1OCc1ccccc1. The van der Waals surface area contributed by atoms with E-state index in [1.165, 1.54) is 11.1 Å². The monoisotopic (exact) mass is 436 g/mol. The molecule has 0 aliphatic heterocycles. The largest absolute Gasteiger partial charge is 0.489 e. The van der Waals surface area contributed by atoms with E-state index in [2.05, 4.69) is 41.5 Å². The molecular weight excluding hydrogens is 408 g/mol. The number of ether oxygens (including phenoxy) is 1. The zero-order chi connectivity index (χ0) is 22.9. The summed E-state index contributed by atoms with van der Waals surface area (Å²) >= 11 is 0. The summed E-state index contributed by atoms with van der Waals surface area (Å²) in [6.07, 6.45) is 2.59. The highest BCUT2D eigenvalue weighted by Gasteiger charge is 2.13. The van der Waals surface area contributed by atoms with Crippen LogP contribution in [0.25, 0.3) is 0 Å². The van der Waals surface area contributed by atoms with E-state index in [1.54, 1.807) is 6.20 Å². The number of nitrogens with zero attached hydrogens (tertiary/aromatic N) is 1. The number of hydrogen-bond acceptors (Lipinski definition) is 3. The summed E-state index contributed by atoms with van der Waals surface area (Å²) in [7, 11) is 0. The van der Waals surface area contributed by atoms with Crippen LogP contribution in [0.4, 0.5) is 0 Å². The molecule has 0 bridgehead atoms. The van der Waals surface area contributed by atoms with Gasteiger partial charge in [-0.25, -0.2) is 0 Å². The fourth-order valence-electron chi connectivity index (χ4n) is 3.79. The van der Waals surface area contributed by atoms with Crippen LogP contribution in [0.2, 0.25) is 0 Å². The van der Waals surface area contributed by atoms with Crippen LogP contribution in [-0.2, 0) is 19.6 Å². The molecule has 166 valence electrons. The minimum atomic E-state index is -0.0973. The summed E-state index contributed by atoms with van der Waals surface area (Å²) in [6.45, 7) is 3.17. The third-order valence-corrected chi connectivity index (χ3v) is 5.60. The van der Waals surface area contributed by atoms with Crippen LogP contribution in [0.1, 0.15) is 45.6 Å². The minimum Gasteiger partial charge on any atom is -0.489 e. The number of aromatic nitrogens is 1. The zero-order valence-corrected chi connectivity index (χ0v) is 18.8. The summed E-state index contributed by atoms with van der Waals surface area (Å²) in [4.78, 5) is 16.7. The number of rotatable bonds is 9. The van der Waals surface area contributed by atoms with Gasteiger partial charge in [-0.05, 0) is 59.4 Å². The number of hydrogen-bond donors (Lipinski definition) is 1. The molecule has 0 saturated heterocycles. The molecule has 1 unspecified atom stereocenters. The Kier molecular flexibility index (Phi) is 7.49. The highest BCUT2D eigenvalue weighted by Crippen LogP contribution is 2.29. The molecule has 33 heavy (non-hydrogen) atoms. The van der Waals surface area contributed by atoms with E-state index in [0.717, 1.165) is 23.4 Å². The second-order valence-corrected chi connectivity index (χ2v) is 8.12. The normalized spacial score (nSPS) is 11.5. The Balaban J connectivity index is 1.35. The lowest BCUT2D eigenvalue weighted by Crippen LogP contribution is -2.23. The van der Waals surface area contributed by atoms with Gasteiger partial charge in [0.25, 0.3) is 5.91 Å². The molecule has 1 N–H and O–H groups in total. The Bertz CT molecular complexity index is 1160. The maximum atomic E-state index is 12.5. The lowest BCUT2D eigenvalue weighted by Gasteiger charge is -2.17. The van der Waals surface area contributed by atoms with Gasteiger partial charge in [0, 0.05) is 11.8 Å². The molecule has 1 amide bonds. The number of nitrogens with one attached hydrogen (secondary N) is 1. The van der Waals surface area contributed by atoms with Gasteiger partial charge in [0.15, 0.2) is 0 Å². The first kappa shape index (κ1) is 22.3. The predicted octanol–water partition coefficient (Wildman–Crippen LogP) is 5.94. The van der Waals surface area contributed by atoms with Crippen LogP contribution < -0.4 is 10.1 Å². The van der Waals surface area contributed by atoms with Gasteiger partial charge in [-0.1, -0.05) is 73.7 Å². The van der Waals surface area contributed by atoms with Crippen molar-refractivity contribution in [2.45, 2.75) is 32.4 Å². The first-order chi connectivity index (χ1) is 16.2. The third-order valence-electron chi connectivity index (χ3n) is 5.60. The standard InChI is InChI=1S/C29H28N2O2/c1-22(27-12-5-6-13-28(27)33-21-24-9-3-2-4-10-24)19-23-14-16-25(17-15-23)29(32)31-20-26-11-7-8-18-30-26/h2-18,22H,19-21H2,1H3,(H,31,32). The van der Waals surface area contributed by atoms with Crippen molar-refractivity contribution in [1.29, 1.82) is 0 Å². The summed E-state index contributed by atoms with van der Waals surface area (Å²) in [5.41, 5.74) is 5.00. The molecule has 0 aliphatic rings. The molecule has 1 aromatic heterocycles. The van der Waals surface area contributed by atoms with E-state index in [-0.39, 0.29) is 11.8 Å². The quantitative estimate of drug-likeness (QED) is 0.353. The summed E-state index contributed by atoms with van der Waals surface area (Å²) in [5, 5.41) is 2.92.